The molecule has 5 heteroatoms. The standard InChI is InChI=1S/C14H11BrClNO2/c1-8-4-9(16)6-10(5-8)17-14(19)12-7-11(18)2-3-13(12)15/h2-7,18H,1H3,(H,17,19). The quantitative estimate of drug-likeness (QED) is 0.853. The summed E-state index contributed by atoms with van der Waals surface area (Å²) in [7, 11) is 0. The SMILES string of the molecule is Cc1cc(Cl)cc(NC(=O)c2cc(O)ccc2Br)c1. The zero-order valence-corrected chi connectivity index (χ0v) is 12.4. The van der Waals surface area contributed by atoms with E-state index >= 15 is 0 Å². The Morgan fingerprint density at radius 1 is 1.26 bits per heavy atom. The van der Waals surface area contributed by atoms with Crippen LogP contribution in [0, 0.1) is 6.92 Å². The molecule has 19 heavy (non-hydrogen) atoms. The maximum Gasteiger partial charge on any atom is 0.256 e. The number of halogens is 2. The summed E-state index contributed by atoms with van der Waals surface area (Å²) in [5.41, 5.74) is 1.93. The third-order valence-corrected chi connectivity index (χ3v) is 3.40. The maximum atomic E-state index is 12.1. The number of amides is 1. The Morgan fingerprint density at radius 3 is 2.68 bits per heavy atom. The molecular formula is C14H11BrClNO2. The minimum absolute atomic E-state index is 0.0376. The summed E-state index contributed by atoms with van der Waals surface area (Å²) in [4.78, 5) is 12.1. The largest absolute Gasteiger partial charge is 0.508 e. The van der Waals surface area contributed by atoms with Crippen molar-refractivity contribution in [2.75, 3.05) is 5.32 Å². The topological polar surface area (TPSA) is 49.3 Å². The summed E-state index contributed by atoms with van der Waals surface area (Å²) in [6.45, 7) is 1.89. The van der Waals surface area contributed by atoms with Crippen LogP contribution in [0.4, 0.5) is 5.69 Å². The molecule has 2 aromatic carbocycles. The summed E-state index contributed by atoms with van der Waals surface area (Å²) in [5.74, 6) is -0.278. The monoisotopic (exact) mass is 339 g/mol. The Labute approximate surface area is 124 Å². The molecule has 0 heterocycles. The Bertz CT molecular complexity index is 623. The molecule has 0 aliphatic heterocycles. The summed E-state index contributed by atoms with van der Waals surface area (Å²) < 4.78 is 0.613. The second-order valence-corrected chi connectivity index (χ2v) is 5.43. The number of aromatic hydroxyl groups is 1. The van der Waals surface area contributed by atoms with Crippen molar-refractivity contribution in [1.29, 1.82) is 0 Å². The number of hydrogen-bond donors (Lipinski definition) is 2. The fraction of sp³-hybridized carbons (Fsp3) is 0.0714. The van der Waals surface area contributed by atoms with E-state index in [1.54, 1.807) is 12.1 Å². The van der Waals surface area contributed by atoms with E-state index in [9.17, 15) is 9.90 Å². The van der Waals surface area contributed by atoms with Gasteiger partial charge in [-0.1, -0.05) is 11.6 Å². The zero-order chi connectivity index (χ0) is 14.0. The molecule has 0 aromatic heterocycles. The van der Waals surface area contributed by atoms with Crippen molar-refractivity contribution in [2.24, 2.45) is 0 Å². The molecule has 0 radical (unpaired) electrons. The van der Waals surface area contributed by atoms with Crippen molar-refractivity contribution >= 4 is 39.1 Å². The van der Waals surface area contributed by atoms with Crippen molar-refractivity contribution in [3.8, 4) is 5.75 Å². The number of nitrogens with one attached hydrogen (secondary N) is 1. The van der Waals surface area contributed by atoms with Gasteiger partial charge in [-0.05, 0) is 64.8 Å². The average molecular weight is 341 g/mol. The summed E-state index contributed by atoms with van der Waals surface area (Å²) in [6, 6.07) is 9.82. The van der Waals surface area contributed by atoms with Gasteiger partial charge in [0.1, 0.15) is 5.75 Å². The van der Waals surface area contributed by atoms with Crippen LogP contribution >= 0.6 is 27.5 Å². The second kappa shape index (κ2) is 5.63. The maximum absolute atomic E-state index is 12.1. The molecule has 0 unspecified atom stereocenters. The van der Waals surface area contributed by atoms with E-state index in [0.29, 0.717) is 20.7 Å². The highest BCUT2D eigenvalue weighted by molar-refractivity contribution is 9.10. The normalized spacial score (nSPS) is 10.3. The van der Waals surface area contributed by atoms with E-state index in [-0.39, 0.29) is 11.7 Å². The molecule has 2 rings (SSSR count). The van der Waals surface area contributed by atoms with Crippen LogP contribution in [0.5, 0.6) is 5.75 Å². The lowest BCUT2D eigenvalue weighted by molar-refractivity contribution is 0.102. The minimum atomic E-state index is -0.315. The Hall–Kier alpha value is -1.52. The van der Waals surface area contributed by atoms with Crippen molar-refractivity contribution in [3.63, 3.8) is 0 Å². The van der Waals surface area contributed by atoms with Gasteiger partial charge in [0.15, 0.2) is 0 Å². The third-order valence-electron chi connectivity index (χ3n) is 2.49. The predicted octanol–water partition coefficient (Wildman–Crippen LogP) is 4.37. The van der Waals surface area contributed by atoms with E-state index in [2.05, 4.69) is 21.2 Å². The van der Waals surface area contributed by atoms with E-state index in [0.717, 1.165) is 5.56 Å². The molecule has 98 valence electrons. The molecule has 0 spiro atoms. The lowest BCUT2D eigenvalue weighted by Crippen LogP contribution is -2.12. The smallest absolute Gasteiger partial charge is 0.256 e. The molecule has 0 saturated carbocycles. The number of rotatable bonds is 2. The molecule has 0 saturated heterocycles. The second-order valence-electron chi connectivity index (χ2n) is 4.14. The Balaban J connectivity index is 2.28. The van der Waals surface area contributed by atoms with E-state index in [1.165, 1.54) is 12.1 Å². The zero-order valence-electron chi connectivity index (χ0n) is 10.1. The molecule has 3 nitrogen and oxygen atoms in total. The third kappa shape index (κ3) is 3.49. The van der Waals surface area contributed by atoms with Gasteiger partial charge in [0, 0.05) is 15.2 Å². The van der Waals surface area contributed by atoms with Gasteiger partial charge in [-0.15, -0.1) is 0 Å². The first-order chi connectivity index (χ1) is 8.95. The Morgan fingerprint density at radius 2 is 2.00 bits per heavy atom. The number of anilines is 1. The van der Waals surface area contributed by atoms with Crippen molar-refractivity contribution < 1.29 is 9.90 Å². The lowest BCUT2D eigenvalue weighted by Gasteiger charge is -2.08. The first-order valence-corrected chi connectivity index (χ1v) is 6.70. The van der Waals surface area contributed by atoms with Crippen molar-refractivity contribution in [1.82, 2.24) is 0 Å². The highest BCUT2D eigenvalue weighted by Crippen LogP contribution is 2.24. The van der Waals surface area contributed by atoms with Crippen LogP contribution in [-0.2, 0) is 0 Å². The van der Waals surface area contributed by atoms with E-state index in [4.69, 9.17) is 11.6 Å². The number of carbonyl (C=O) groups excluding carboxylic acids is 1. The van der Waals surface area contributed by atoms with E-state index in [1.807, 2.05) is 19.1 Å². The number of aryl methyl sites for hydroxylation is 1. The first kappa shape index (κ1) is 13.9. The van der Waals surface area contributed by atoms with Gasteiger partial charge in [-0.2, -0.15) is 0 Å². The van der Waals surface area contributed by atoms with Gasteiger partial charge in [-0.3, -0.25) is 4.79 Å². The number of phenols is 1. The van der Waals surface area contributed by atoms with Crippen LogP contribution in [0.1, 0.15) is 15.9 Å². The molecule has 1 amide bonds. The fourth-order valence-corrected chi connectivity index (χ4v) is 2.41. The minimum Gasteiger partial charge on any atom is -0.508 e. The van der Waals surface area contributed by atoms with Crippen LogP contribution in [-0.4, -0.2) is 11.0 Å². The van der Waals surface area contributed by atoms with Crippen LogP contribution < -0.4 is 5.32 Å². The van der Waals surface area contributed by atoms with Gasteiger partial charge in [0.05, 0.1) is 5.56 Å². The number of phenolic OH excluding ortho intramolecular Hbond substituents is 1. The van der Waals surface area contributed by atoms with Crippen molar-refractivity contribution in [2.45, 2.75) is 6.92 Å². The summed E-state index contributed by atoms with van der Waals surface area (Å²) in [6.07, 6.45) is 0. The van der Waals surface area contributed by atoms with Crippen LogP contribution in [0.15, 0.2) is 40.9 Å². The van der Waals surface area contributed by atoms with Gasteiger partial charge >= 0.3 is 0 Å². The lowest BCUT2D eigenvalue weighted by atomic mass is 10.2. The van der Waals surface area contributed by atoms with Gasteiger partial charge in [0.25, 0.3) is 5.91 Å². The first-order valence-electron chi connectivity index (χ1n) is 5.53. The number of carbonyl (C=O) groups is 1. The van der Waals surface area contributed by atoms with Gasteiger partial charge < -0.3 is 10.4 Å². The molecule has 2 N–H and O–H groups in total. The molecule has 0 bridgehead atoms. The predicted molar refractivity (Wildman–Crippen MR) is 79.9 cm³/mol. The van der Waals surface area contributed by atoms with Crippen LogP contribution in [0.3, 0.4) is 0 Å². The number of benzene rings is 2. The molecule has 0 atom stereocenters. The van der Waals surface area contributed by atoms with Gasteiger partial charge in [0.2, 0.25) is 0 Å². The van der Waals surface area contributed by atoms with Crippen LogP contribution in [0.25, 0.3) is 0 Å². The highest BCUT2D eigenvalue weighted by atomic mass is 79.9. The molecule has 0 aliphatic carbocycles. The molecule has 2 aromatic rings. The van der Waals surface area contributed by atoms with Gasteiger partial charge in [-0.25, -0.2) is 0 Å². The molecular weight excluding hydrogens is 330 g/mol. The average Bonchev–Trinajstić information content (AvgIpc) is 2.30. The summed E-state index contributed by atoms with van der Waals surface area (Å²) >= 11 is 9.21. The highest BCUT2D eigenvalue weighted by Gasteiger charge is 2.11. The fourth-order valence-electron chi connectivity index (χ4n) is 1.69. The molecule has 0 fully saturated rings. The summed E-state index contributed by atoms with van der Waals surface area (Å²) in [5, 5.41) is 12.7. The Kier molecular flexibility index (Phi) is 4.12. The number of hydrogen-bond acceptors (Lipinski definition) is 2. The van der Waals surface area contributed by atoms with E-state index < -0.39 is 0 Å². The van der Waals surface area contributed by atoms with Crippen LogP contribution in [0.2, 0.25) is 5.02 Å². The molecule has 0 aliphatic rings. The van der Waals surface area contributed by atoms with Crippen molar-refractivity contribution in [3.05, 3.63) is 57.0 Å².